The minimum atomic E-state index is 0.00694. The second kappa shape index (κ2) is 21.4. The Morgan fingerprint density at radius 3 is 2.10 bits per heavy atom. The number of hydrogen-bond acceptors (Lipinski definition) is 7. The van der Waals surface area contributed by atoms with Crippen molar-refractivity contribution in [3.05, 3.63) is 0 Å². The maximum atomic E-state index is 4.80. The van der Waals surface area contributed by atoms with Gasteiger partial charge in [-0.3, -0.25) is 0 Å². The molecule has 1 heterocycles. The van der Waals surface area contributed by atoms with Gasteiger partial charge in [-0.25, -0.2) is 0 Å². The maximum absolute atomic E-state index is 4.80. The summed E-state index contributed by atoms with van der Waals surface area (Å²) in [5.41, 5.74) is 0. The molecule has 2 rings (SSSR count). The number of unbranched alkanes of at least 4 members (excludes halogenated alkanes) is 1. The summed E-state index contributed by atoms with van der Waals surface area (Å²) in [7, 11) is 13.7. The number of rotatable bonds is 7. The van der Waals surface area contributed by atoms with Crippen molar-refractivity contribution < 1.29 is 13.1 Å². The average Bonchev–Trinajstić information content (AvgIpc) is 2.78. The summed E-state index contributed by atoms with van der Waals surface area (Å²) in [6.07, 6.45) is 9.12. The molecule has 1 aliphatic carbocycles. The van der Waals surface area contributed by atoms with Gasteiger partial charge >= 0.3 is 33.3 Å². The van der Waals surface area contributed by atoms with Crippen molar-refractivity contribution in [1.82, 2.24) is 37.2 Å². The third-order valence-electron chi connectivity index (χ3n) is 6.17. The molecule has 7 nitrogen and oxygen atoms in total. The molecule has 4 atom stereocenters. The first-order chi connectivity index (χ1) is 15.2. The topological polar surface area (TPSA) is 84.2 Å². The Morgan fingerprint density at radius 2 is 1.42 bits per heavy atom. The fraction of sp³-hybridized carbons (Fsp3) is 1.00. The van der Waals surface area contributed by atoms with Crippen LogP contribution in [-0.2, 0) is 13.1 Å². The van der Waals surface area contributed by atoms with Crippen LogP contribution < -0.4 is 37.2 Å². The fourth-order valence-electron chi connectivity index (χ4n) is 4.49. The zero-order chi connectivity index (χ0) is 22.6. The van der Waals surface area contributed by atoms with E-state index >= 15 is 0 Å². The van der Waals surface area contributed by atoms with Crippen molar-refractivity contribution in [2.75, 3.05) is 66.5 Å². The Kier molecular flexibility index (Phi) is 20.6. The van der Waals surface area contributed by atoms with E-state index in [1.54, 1.807) is 0 Å². The molecule has 0 aromatic rings. The number of nitrogens with one attached hydrogen (secondary N) is 7. The van der Waals surface area contributed by atoms with E-state index in [0.717, 1.165) is 52.4 Å². The van der Waals surface area contributed by atoms with E-state index in [1.165, 1.54) is 44.9 Å². The number of hydrogen-bond donors (Lipinski definition) is 7. The fourth-order valence-corrected chi connectivity index (χ4v) is 4.49. The summed E-state index contributed by atoms with van der Waals surface area (Å²) in [6.45, 7) is 8.37. The predicted octanol–water partition coefficient (Wildman–Crippen LogP) is 0.982. The second-order valence-corrected chi connectivity index (χ2v) is 10.5. The molecule has 0 radical (unpaired) electrons. The van der Waals surface area contributed by atoms with Crippen LogP contribution in [0.2, 0.25) is 0 Å². The van der Waals surface area contributed by atoms with Gasteiger partial charge in [-0.2, -0.15) is 0 Å². The molecule has 0 bridgehead atoms. The van der Waals surface area contributed by atoms with Gasteiger partial charge in [0.15, 0.2) is 0 Å². The van der Waals surface area contributed by atoms with Crippen molar-refractivity contribution in [3.63, 3.8) is 0 Å². The standard InChI is InChI=1S/C21H47N7.2ClH.Mn/c1-22-10-6-5-7-18-16-28-21-9-4-3-8-20(21)26-14-12-24-11-13-25-19(15-23-2)17-27-18;;;/h18-28H,3-17H2,1-2H3;2*1H;/q;;;+2/p-2/t18?,19-,20?,21?;;;/m0.../s1. The molecule has 2 fully saturated rings. The minimum absolute atomic E-state index is 0.00694. The summed E-state index contributed by atoms with van der Waals surface area (Å²) in [5, 5.41) is 25.5. The first-order valence-electron chi connectivity index (χ1n) is 12.1. The molecule has 31 heavy (non-hydrogen) atoms. The molecule has 7 N–H and O–H groups in total. The molecular weight excluding hydrogens is 476 g/mol. The van der Waals surface area contributed by atoms with Gasteiger partial charge in [-0.1, -0.05) is 19.3 Å². The van der Waals surface area contributed by atoms with Gasteiger partial charge in [-0.05, 0) is 46.3 Å². The molecule has 187 valence electrons. The molecular formula is C21H47Cl2MnN7. The van der Waals surface area contributed by atoms with Gasteiger partial charge < -0.3 is 37.2 Å². The Hall–Kier alpha value is 0.819. The third-order valence-corrected chi connectivity index (χ3v) is 6.17. The quantitative estimate of drug-likeness (QED) is 0.198. The Labute approximate surface area is 205 Å². The van der Waals surface area contributed by atoms with Crippen molar-refractivity contribution in [2.45, 2.75) is 69.1 Å². The molecule has 0 amide bonds. The average molecular weight is 524 g/mol. The van der Waals surface area contributed by atoms with E-state index < -0.39 is 0 Å². The van der Waals surface area contributed by atoms with Crippen LogP contribution in [0.1, 0.15) is 44.9 Å². The first-order valence-corrected chi connectivity index (χ1v) is 15.3. The van der Waals surface area contributed by atoms with Crippen LogP contribution in [-0.4, -0.2) is 90.6 Å². The molecule has 10 heteroatoms. The van der Waals surface area contributed by atoms with E-state index in [-0.39, 0.29) is 13.1 Å². The van der Waals surface area contributed by atoms with Gasteiger partial charge in [-0.15, -0.1) is 0 Å². The van der Waals surface area contributed by atoms with E-state index in [1.807, 2.05) is 14.1 Å². The molecule has 1 aliphatic heterocycles. The predicted molar refractivity (Wildman–Crippen MR) is 132 cm³/mol. The van der Waals surface area contributed by atoms with Crippen LogP contribution in [0.3, 0.4) is 0 Å². The molecule has 0 spiro atoms. The van der Waals surface area contributed by atoms with Crippen molar-refractivity contribution in [1.29, 1.82) is 0 Å². The van der Waals surface area contributed by atoms with Crippen LogP contribution in [0.15, 0.2) is 0 Å². The third kappa shape index (κ3) is 15.4. The molecule has 0 aromatic carbocycles. The second-order valence-electron chi connectivity index (χ2n) is 8.58. The monoisotopic (exact) mass is 522 g/mol. The van der Waals surface area contributed by atoms with Crippen LogP contribution in [0.5, 0.6) is 0 Å². The first kappa shape index (κ1) is 29.9. The van der Waals surface area contributed by atoms with Gasteiger partial charge in [0.05, 0.1) is 0 Å². The molecule has 3 unspecified atom stereocenters. The molecule has 1 saturated heterocycles. The van der Waals surface area contributed by atoms with Crippen molar-refractivity contribution in [3.8, 4) is 0 Å². The molecule has 2 aliphatic rings. The van der Waals surface area contributed by atoms with Gasteiger partial charge in [0.1, 0.15) is 0 Å². The number of likely N-dealkylation sites (N-methyl/N-ethyl adjacent to an activating group) is 1. The van der Waals surface area contributed by atoms with E-state index in [2.05, 4.69) is 37.2 Å². The van der Waals surface area contributed by atoms with Gasteiger partial charge in [0.2, 0.25) is 0 Å². The number of fused-ring (bicyclic) bond motifs is 1. The van der Waals surface area contributed by atoms with Crippen LogP contribution in [0.4, 0.5) is 0 Å². The summed E-state index contributed by atoms with van der Waals surface area (Å²) in [6, 6.07) is 2.26. The van der Waals surface area contributed by atoms with Gasteiger partial charge in [0, 0.05) is 70.0 Å². The summed E-state index contributed by atoms with van der Waals surface area (Å²) in [5.74, 6) is 0. The van der Waals surface area contributed by atoms with Gasteiger partial charge in [0.25, 0.3) is 0 Å². The van der Waals surface area contributed by atoms with E-state index in [4.69, 9.17) is 20.2 Å². The van der Waals surface area contributed by atoms with Crippen molar-refractivity contribution in [2.24, 2.45) is 0 Å². The molecule has 1 saturated carbocycles. The Morgan fingerprint density at radius 1 is 0.774 bits per heavy atom. The normalized spacial score (nSPS) is 29.0. The zero-order valence-electron chi connectivity index (χ0n) is 19.5. The van der Waals surface area contributed by atoms with E-state index in [0.29, 0.717) is 24.2 Å². The van der Waals surface area contributed by atoms with Crippen molar-refractivity contribution >= 4 is 20.2 Å². The summed E-state index contributed by atoms with van der Waals surface area (Å²) < 4.78 is 0. The van der Waals surface area contributed by atoms with Crippen LogP contribution >= 0.6 is 20.2 Å². The number of halogens is 2. The van der Waals surface area contributed by atoms with E-state index in [9.17, 15) is 0 Å². The summed E-state index contributed by atoms with van der Waals surface area (Å²) in [4.78, 5) is 0. The van der Waals surface area contributed by atoms with Crippen LogP contribution in [0.25, 0.3) is 0 Å². The summed E-state index contributed by atoms with van der Waals surface area (Å²) >= 11 is 0.00694. The Bertz CT molecular complexity index is 399. The van der Waals surface area contributed by atoms with Crippen LogP contribution in [0, 0.1) is 0 Å². The Balaban J connectivity index is 0.00000151. The molecule has 0 aromatic heterocycles. The SMILES string of the molecule is CNCCCCC1CNC2CCCCC2NCCNCCN[C@@H](CNC)CN1.[Cl][Mn][Cl]. The zero-order valence-corrected chi connectivity index (χ0v) is 22.2.